The van der Waals surface area contributed by atoms with Gasteiger partial charge in [-0.25, -0.2) is 0 Å². The summed E-state index contributed by atoms with van der Waals surface area (Å²) in [5.74, 6) is 0. The minimum Gasteiger partial charge on any atom is -0.313 e. The highest BCUT2D eigenvalue weighted by Gasteiger charge is 2.21. The molecule has 0 radical (unpaired) electrons. The molecule has 0 atom stereocenters. The van der Waals surface area contributed by atoms with Gasteiger partial charge in [-0.15, -0.1) is 0 Å². The van der Waals surface area contributed by atoms with Crippen LogP contribution in [0.15, 0.2) is 24.3 Å². The van der Waals surface area contributed by atoms with Crippen molar-refractivity contribution in [3.8, 4) is 0 Å². The maximum absolute atomic E-state index is 3.46. The Bertz CT molecular complexity index is 358. The zero-order chi connectivity index (χ0) is 12.8. The zero-order valence-electron chi connectivity index (χ0n) is 11.8. The molecule has 1 aliphatic carbocycles. The van der Waals surface area contributed by atoms with E-state index < -0.39 is 0 Å². The largest absolute Gasteiger partial charge is 0.313 e. The molecule has 2 heteroatoms. The lowest BCUT2D eigenvalue weighted by molar-refractivity contribution is 0.152. The second kappa shape index (κ2) is 6.91. The fraction of sp³-hybridized carbons (Fsp3) is 0.625. The van der Waals surface area contributed by atoms with Crippen molar-refractivity contribution in [2.75, 3.05) is 13.6 Å². The summed E-state index contributed by atoms with van der Waals surface area (Å²) < 4.78 is 0. The van der Waals surface area contributed by atoms with E-state index in [1.807, 2.05) is 0 Å². The Hall–Kier alpha value is -0.860. The molecule has 1 aromatic carbocycles. The summed E-state index contributed by atoms with van der Waals surface area (Å²) in [5, 5.41) is 3.46. The maximum Gasteiger partial charge on any atom is 0.0233 e. The Morgan fingerprint density at radius 1 is 1.28 bits per heavy atom. The summed E-state index contributed by atoms with van der Waals surface area (Å²) in [6, 6.07) is 9.82. The van der Waals surface area contributed by atoms with Gasteiger partial charge in [0.1, 0.15) is 0 Å². The molecule has 100 valence electrons. The van der Waals surface area contributed by atoms with Crippen LogP contribution in [-0.4, -0.2) is 24.5 Å². The van der Waals surface area contributed by atoms with Crippen LogP contribution in [-0.2, 0) is 13.1 Å². The third-order valence-corrected chi connectivity index (χ3v) is 3.88. The summed E-state index contributed by atoms with van der Waals surface area (Å²) >= 11 is 0. The van der Waals surface area contributed by atoms with E-state index in [-0.39, 0.29) is 0 Å². The van der Waals surface area contributed by atoms with Crippen molar-refractivity contribution in [2.45, 2.75) is 51.7 Å². The quantitative estimate of drug-likeness (QED) is 0.743. The van der Waals surface area contributed by atoms with Crippen molar-refractivity contribution in [1.82, 2.24) is 10.2 Å². The van der Waals surface area contributed by atoms with E-state index in [0.29, 0.717) is 0 Å². The predicted molar refractivity (Wildman–Crippen MR) is 77.5 cm³/mol. The Balaban J connectivity index is 1.85. The summed E-state index contributed by atoms with van der Waals surface area (Å²) in [6.07, 6.45) is 5.38. The average molecular weight is 246 g/mol. The Morgan fingerprint density at radius 3 is 2.72 bits per heavy atom. The highest BCUT2D eigenvalue weighted by molar-refractivity contribution is 5.23. The second-order valence-electron chi connectivity index (χ2n) is 5.50. The summed E-state index contributed by atoms with van der Waals surface area (Å²) in [6.45, 7) is 5.39. The lowest BCUT2D eigenvalue weighted by atomic mass is 9.91. The van der Waals surface area contributed by atoms with Gasteiger partial charge in [0.25, 0.3) is 0 Å². The molecule has 1 aromatic rings. The molecule has 1 aliphatic rings. The molecule has 0 unspecified atom stereocenters. The molecule has 0 spiro atoms. The van der Waals surface area contributed by atoms with Crippen LogP contribution in [0.25, 0.3) is 0 Å². The molecule has 1 N–H and O–H groups in total. The van der Waals surface area contributed by atoms with Gasteiger partial charge in [0.15, 0.2) is 0 Å². The molecule has 0 heterocycles. The molecule has 0 aromatic heterocycles. The van der Waals surface area contributed by atoms with Crippen LogP contribution in [0, 0.1) is 0 Å². The standard InChI is InChI=1S/C16H26N2/c1-3-10-17-12-14-6-4-7-15(11-14)13-18(2)16-8-5-9-16/h4,6-7,11,16-17H,3,5,8-10,12-13H2,1-2H3. The number of nitrogens with zero attached hydrogens (tertiary/aromatic N) is 1. The SMILES string of the molecule is CCCNCc1cccc(CN(C)C2CCC2)c1. The van der Waals surface area contributed by atoms with Gasteiger partial charge in [0, 0.05) is 19.1 Å². The van der Waals surface area contributed by atoms with Gasteiger partial charge in [-0.05, 0) is 44.0 Å². The summed E-state index contributed by atoms with van der Waals surface area (Å²) in [4.78, 5) is 2.50. The van der Waals surface area contributed by atoms with E-state index in [9.17, 15) is 0 Å². The van der Waals surface area contributed by atoms with Crippen molar-refractivity contribution in [3.05, 3.63) is 35.4 Å². The molecule has 0 aliphatic heterocycles. The van der Waals surface area contributed by atoms with Gasteiger partial charge in [0.05, 0.1) is 0 Å². The Morgan fingerprint density at radius 2 is 2.06 bits per heavy atom. The van der Waals surface area contributed by atoms with E-state index in [4.69, 9.17) is 0 Å². The van der Waals surface area contributed by atoms with E-state index >= 15 is 0 Å². The van der Waals surface area contributed by atoms with Gasteiger partial charge in [-0.3, -0.25) is 4.90 Å². The second-order valence-corrected chi connectivity index (χ2v) is 5.50. The van der Waals surface area contributed by atoms with E-state index in [0.717, 1.165) is 25.7 Å². The van der Waals surface area contributed by atoms with E-state index in [1.165, 1.54) is 36.8 Å². The monoisotopic (exact) mass is 246 g/mol. The smallest absolute Gasteiger partial charge is 0.0233 e. The minimum atomic E-state index is 0.826. The first-order valence-electron chi connectivity index (χ1n) is 7.28. The molecule has 1 saturated carbocycles. The third-order valence-electron chi connectivity index (χ3n) is 3.88. The van der Waals surface area contributed by atoms with Crippen LogP contribution in [0.4, 0.5) is 0 Å². The molecular formula is C16H26N2. The highest BCUT2D eigenvalue weighted by Crippen LogP contribution is 2.24. The van der Waals surface area contributed by atoms with Crippen LogP contribution in [0.3, 0.4) is 0 Å². The first-order chi connectivity index (χ1) is 8.79. The molecule has 0 amide bonds. The fourth-order valence-electron chi connectivity index (χ4n) is 2.49. The minimum absolute atomic E-state index is 0.826. The lowest BCUT2D eigenvalue weighted by Crippen LogP contribution is -2.36. The number of hydrogen-bond donors (Lipinski definition) is 1. The van der Waals surface area contributed by atoms with Crippen LogP contribution in [0.5, 0.6) is 0 Å². The van der Waals surface area contributed by atoms with Crippen molar-refractivity contribution in [1.29, 1.82) is 0 Å². The third kappa shape index (κ3) is 3.82. The lowest BCUT2D eigenvalue weighted by Gasteiger charge is -2.34. The maximum atomic E-state index is 3.46. The van der Waals surface area contributed by atoms with Gasteiger partial charge < -0.3 is 5.32 Å². The van der Waals surface area contributed by atoms with Crippen LogP contribution < -0.4 is 5.32 Å². The molecule has 1 fully saturated rings. The van der Waals surface area contributed by atoms with Crippen LogP contribution in [0.1, 0.15) is 43.7 Å². The highest BCUT2D eigenvalue weighted by atomic mass is 15.1. The van der Waals surface area contributed by atoms with Crippen LogP contribution >= 0.6 is 0 Å². The molecule has 0 saturated heterocycles. The van der Waals surface area contributed by atoms with Gasteiger partial charge >= 0.3 is 0 Å². The van der Waals surface area contributed by atoms with E-state index in [1.54, 1.807) is 0 Å². The molecule has 0 bridgehead atoms. The van der Waals surface area contributed by atoms with Crippen molar-refractivity contribution >= 4 is 0 Å². The topological polar surface area (TPSA) is 15.3 Å². The average Bonchev–Trinajstić information content (AvgIpc) is 2.27. The normalized spacial score (nSPS) is 15.9. The molecule has 2 nitrogen and oxygen atoms in total. The van der Waals surface area contributed by atoms with Crippen molar-refractivity contribution in [3.63, 3.8) is 0 Å². The molecule has 18 heavy (non-hydrogen) atoms. The van der Waals surface area contributed by atoms with Gasteiger partial charge in [-0.2, -0.15) is 0 Å². The molecule has 2 rings (SSSR count). The molecular weight excluding hydrogens is 220 g/mol. The van der Waals surface area contributed by atoms with Gasteiger partial charge in [0.2, 0.25) is 0 Å². The number of nitrogens with one attached hydrogen (secondary N) is 1. The van der Waals surface area contributed by atoms with Crippen molar-refractivity contribution in [2.24, 2.45) is 0 Å². The first kappa shape index (κ1) is 13.6. The summed E-state index contributed by atoms with van der Waals surface area (Å²) in [5.41, 5.74) is 2.85. The Kier molecular flexibility index (Phi) is 5.21. The number of hydrogen-bond acceptors (Lipinski definition) is 2. The zero-order valence-corrected chi connectivity index (χ0v) is 11.8. The number of benzene rings is 1. The predicted octanol–water partition coefficient (Wildman–Crippen LogP) is 3.17. The first-order valence-corrected chi connectivity index (χ1v) is 7.28. The fourth-order valence-corrected chi connectivity index (χ4v) is 2.49. The van der Waals surface area contributed by atoms with E-state index in [2.05, 4.69) is 48.5 Å². The van der Waals surface area contributed by atoms with Crippen molar-refractivity contribution < 1.29 is 0 Å². The van der Waals surface area contributed by atoms with Crippen LogP contribution in [0.2, 0.25) is 0 Å². The Labute approximate surface area is 111 Å². The van der Waals surface area contributed by atoms with Gasteiger partial charge in [-0.1, -0.05) is 37.6 Å². The summed E-state index contributed by atoms with van der Waals surface area (Å²) in [7, 11) is 2.26. The number of rotatable bonds is 7.